The molecule has 2 rings (SSSR count). The summed E-state index contributed by atoms with van der Waals surface area (Å²) in [4.78, 5) is 0. The van der Waals surface area contributed by atoms with Gasteiger partial charge >= 0.3 is 6.18 Å². The number of hydrogen-bond donors (Lipinski definition) is 0. The van der Waals surface area contributed by atoms with E-state index in [2.05, 4.69) is 6.07 Å². The zero-order valence-corrected chi connectivity index (χ0v) is 10.4. The van der Waals surface area contributed by atoms with Gasteiger partial charge in [0.05, 0.1) is 15.6 Å². The molecule has 0 aromatic heterocycles. The molecule has 0 fully saturated rings. The van der Waals surface area contributed by atoms with Crippen molar-refractivity contribution < 1.29 is 13.2 Å². The summed E-state index contributed by atoms with van der Waals surface area (Å²) in [6.07, 6.45) is -4.53. The molecule has 0 bridgehead atoms. The minimum Gasteiger partial charge on any atom is -0.166 e. The zero-order chi connectivity index (χ0) is 13.3. The molecule has 0 N–H and O–H groups in total. The molecule has 0 nitrogen and oxygen atoms in total. The summed E-state index contributed by atoms with van der Waals surface area (Å²) in [5.41, 5.74) is -0.668. The number of halogens is 5. The molecule has 0 spiro atoms. The van der Waals surface area contributed by atoms with Crippen LogP contribution in [0.25, 0.3) is 11.1 Å². The second-order valence-electron chi connectivity index (χ2n) is 3.56. The lowest BCUT2D eigenvalue weighted by Gasteiger charge is -2.15. The van der Waals surface area contributed by atoms with Crippen molar-refractivity contribution in [1.29, 1.82) is 0 Å². The molecule has 2 aromatic carbocycles. The molecule has 0 unspecified atom stereocenters. The maximum Gasteiger partial charge on any atom is 0.418 e. The maximum atomic E-state index is 13.0. The highest BCUT2D eigenvalue weighted by atomic mass is 35.5. The van der Waals surface area contributed by atoms with Gasteiger partial charge in [-0.15, -0.1) is 0 Å². The largest absolute Gasteiger partial charge is 0.418 e. The number of rotatable bonds is 1. The lowest BCUT2D eigenvalue weighted by molar-refractivity contribution is -0.137. The third kappa shape index (κ3) is 2.47. The number of benzene rings is 2. The van der Waals surface area contributed by atoms with Crippen LogP contribution in [-0.2, 0) is 6.18 Å². The van der Waals surface area contributed by atoms with Crippen LogP contribution >= 0.6 is 23.2 Å². The van der Waals surface area contributed by atoms with Crippen LogP contribution in [0.1, 0.15) is 5.56 Å². The molecule has 0 heterocycles. The third-order valence-corrected chi connectivity index (χ3v) is 3.02. The Morgan fingerprint density at radius 2 is 1.61 bits per heavy atom. The summed E-state index contributed by atoms with van der Waals surface area (Å²) < 4.78 is 39.0. The van der Waals surface area contributed by atoms with Gasteiger partial charge in [-0.2, -0.15) is 13.2 Å². The first kappa shape index (κ1) is 13.2. The van der Waals surface area contributed by atoms with Gasteiger partial charge in [0.1, 0.15) is 0 Å². The minimum atomic E-state index is -4.53. The average molecular weight is 290 g/mol. The molecule has 1 radical (unpaired) electrons. The van der Waals surface area contributed by atoms with E-state index in [4.69, 9.17) is 23.2 Å². The van der Waals surface area contributed by atoms with Gasteiger partial charge in [0, 0.05) is 11.6 Å². The SMILES string of the molecule is FC(F)(F)c1c(Cl)cccc1-c1ccc[c]c1Cl. The van der Waals surface area contributed by atoms with Crippen molar-refractivity contribution in [2.45, 2.75) is 6.18 Å². The quantitative estimate of drug-likeness (QED) is 0.652. The van der Waals surface area contributed by atoms with Crippen molar-refractivity contribution >= 4 is 23.2 Å². The molecular weight excluding hydrogens is 284 g/mol. The maximum absolute atomic E-state index is 13.0. The fourth-order valence-corrected chi connectivity index (χ4v) is 2.17. The van der Waals surface area contributed by atoms with Crippen molar-refractivity contribution in [1.82, 2.24) is 0 Å². The molecule has 0 saturated heterocycles. The van der Waals surface area contributed by atoms with E-state index in [1.54, 1.807) is 6.07 Å². The molecule has 2 aromatic rings. The highest BCUT2D eigenvalue weighted by Gasteiger charge is 2.36. The Bertz CT molecular complexity index is 577. The van der Waals surface area contributed by atoms with Crippen molar-refractivity contribution in [3.05, 3.63) is 58.1 Å². The Balaban J connectivity index is 2.73. The van der Waals surface area contributed by atoms with Crippen molar-refractivity contribution in [3.63, 3.8) is 0 Å². The second-order valence-corrected chi connectivity index (χ2v) is 4.34. The predicted octanol–water partition coefficient (Wildman–Crippen LogP) is 5.48. The van der Waals surface area contributed by atoms with Crippen molar-refractivity contribution in [2.75, 3.05) is 0 Å². The zero-order valence-electron chi connectivity index (χ0n) is 8.85. The Kier molecular flexibility index (Phi) is 3.55. The van der Waals surface area contributed by atoms with Crippen LogP contribution in [0.5, 0.6) is 0 Å². The van der Waals surface area contributed by atoms with Gasteiger partial charge in [0.15, 0.2) is 0 Å². The van der Waals surface area contributed by atoms with Crippen LogP contribution in [-0.4, -0.2) is 0 Å². The monoisotopic (exact) mass is 289 g/mol. The highest BCUT2D eigenvalue weighted by Crippen LogP contribution is 2.42. The number of hydrogen-bond acceptors (Lipinski definition) is 0. The molecule has 0 saturated carbocycles. The number of alkyl halides is 3. The highest BCUT2D eigenvalue weighted by molar-refractivity contribution is 6.34. The molecule has 0 aliphatic heterocycles. The lowest BCUT2D eigenvalue weighted by Crippen LogP contribution is -2.08. The first-order valence-electron chi connectivity index (χ1n) is 4.93. The Morgan fingerprint density at radius 3 is 2.22 bits per heavy atom. The van der Waals surface area contributed by atoms with E-state index >= 15 is 0 Å². The van der Waals surface area contributed by atoms with E-state index < -0.39 is 11.7 Å². The summed E-state index contributed by atoms with van der Waals surface area (Å²) in [7, 11) is 0. The normalized spacial score (nSPS) is 11.6. The smallest absolute Gasteiger partial charge is 0.166 e. The second kappa shape index (κ2) is 4.82. The molecule has 0 aliphatic carbocycles. The van der Waals surface area contributed by atoms with Crippen molar-refractivity contribution in [2.24, 2.45) is 0 Å². The third-order valence-electron chi connectivity index (χ3n) is 2.39. The predicted molar refractivity (Wildman–Crippen MR) is 65.7 cm³/mol. The van der Waals surface area contributed by atoms with E-state index in [1.807, 2.05) is 0 Å². The summed E-state index contributed by atoms with van der Waals surface area (Å²) >= 11 is 11.5. The molecule has 5 heteroatoms. The average Bonchev–Trinajstić information content (AvgIpc) is 2.27. The van der Waals surface area contributed by atoms with E-state index in [-0.39, 0.29) is 21.2 Å². The van der Waals surface area contributed by atoms with Crippen LogP contribution in [0.15, 0.2) is 36.4 Å². The summed E-state index contributed by atoms with van der Waals surface area (Å²) in [6, 6.07) is 11.2. The van der Waals surface area contributed by atoms with Gasteiger partial charge in [0.2, 0.25) is 0 Å². The van der Waals surface area contributed by atoms with Gasteiger partial charge in [-0.25, -0.2) is 0 Å². The molecular formula is C13H6Cl2F3. The fraction of sp³-hybridized carbons (Fsp3) is 0.0769. The van der Waals surface area contributed by atoms with E-state index in [0.29, 0.717) is 0 Å². The first-order valence-corrected chi connectivity index (χ1v) is 5.69. The van der Waals surface area contributed by atoms with Crippen LogP contribution in [0, 0.1) is 6.07 Å². The van der Waals surface area contributed by atoms with E-state index in [0.717, 1.165) is 0 Å². The van der Waals surface area contributed by atoms with Gasteiger partial charge in [0.25, 0.3) is 0 Å². The van der Waals surface area contributed by atoms with Crippen LogP contribution in [0.3, 0.4) is 0 Å². The lowest BCUT2D eigenvalue weighted by atomic mass is 9.99. The Morgan fingerprint density at radius 1 is 0.944 bits per heavy atom. The summed E-state index contributed by atoms with van der Waals surface area (Å²) in [6.45, 7) is 0. The van der Waals surface area contributed by atoms with Crippen LogP contribution in [0.2, 0.25) is 10.0 Å². The van der Waals surface area contributed by atoms with Gasteiger partial charge in [-0.3, -0.25) is 0 Å². The van der Waals surface area contributed by atoms with E-state index in [9.17, 15) is 13.2 Å². The molecule has 0 aliphatic rings. The molecule has 93 valence electrons. The standard InChI is InChI=1S/C13H6Cl2F3/c14-10-6-2-1-4-8(10)9-5-3-7-11(15)12(9)13(16,17)18/h1-5,7H. The fourth-order valence-electron chi connectivity index (χ4n) is 1.66. The molecule has 0 atom stereocenters. The summed E-state index contributed by atoms with van der Waals surface area (Å²) in [5.74, 6) is 0. The van der Waals surface area contributed by atoms with Gasteiger partial charge < -0.3 is 0 Å². The molecule has 18 heavy (non-hydrogen) atoms. The van der Waals surface area contributed by atoms with Crippen LogP contribution in [0.4, 0.5) is 13.2 Å². The minimum absolute atomic E-state index is 0.0446. The first-order chi connectivity index (χ1) is 8.41. The topological polar surface area (TPSA) is 0 Å². The Labute approximate surface area is 112 Å². The van der Waals surface area contributed by atoms with Crippen LogP contribution < -0.4 is 0 Å². The van der Waals surface area contributed by atoms with Gasteiger partial charge in [-0.1, -0.05) is 53.5 Å². The Hall–Kier alpha value is -1.19. The van der Waals surface area contributed by atoms with E-state index in [1.165, 1.54) is 30.3 Å². The van der Waals surface area contributed by atoms with Crippen molar-refractivity contribution in [3.8, 4) is 11.1 Å². The summed E-state index contributed by atoms with van der Waals surface area (Å²) in [5, 5.41) is -0.217. The molecule has 0 amide bonds. The van der Waals surface area contributed by atoms with Gasteiger partial charge in [-0.05, 0) is 11.6 Å².